The van der Waals surface area contributed by atoms with Crippen LogP contribution in [0.3, 0.4) is 0 Å². The largest absolute Gasteiger partial charge is 0.304 e. The third-order valence-corrected chi connectivity index (χ3v) is 2.50. The zero-order chi connectivity index (χ0) is 8.55. The molecule has 0 radical (unpaired) electrons. The zero-order valence-corrected chi connectivity index (χ0v) is 7.62. The molecule has 64 valence electrons. The molecule has 0 aromatic heterocycles. The average Bonchev–Trinajstić information content (AvgIpc) is 2.84. The Hall–Kier alpha value is -0.820. The minimum absolute atomic E-state index is 0.617. The molecule has 0 aliphatic carbocycles. The molecule has 1 heteroatoms. The first-order valence-corrected chi connectivity index (χ1v) is 4.60. The Morgan fingerprint density at radius 2 is 1.83 bits per heavy atom. The van der Waals surface area contributed by atoms with E-state index in [2.05, 4.69) is 49.5 Å². The molecule has 12 heavy (non-hydrogen) atoms. The summed E-state index contributed by atoms with van der Waals surface area (Å²) in [5, 5.41) is 3.48. The lowest BCUT2D eigenvalue weighted by Crippen LogP contribution is -2.00. The molecule has 2 rings (SSSR count). The molecule has 1 aliphatic rings. The lowest BCUT2D eigenvalue weighted by atomic mass is 10.0. The maximum atomic E-state index is 3.48. The molecule has 1 N–H and O–H groups in total. The SMILES string of the molecule is CC(C)[C@@H]1N[C@H]1c1ccccc1. The van der Waals surface area contributed by atoms with Crippen LogP contribution >= 0.6 is 0 Å². The quantitative estimate of drug-likeness (QED) is 0.661. The van der Waals surface area contributed by atoms with E-state index in [1.807, 2.05) is 0 Å². The van der Waals surface area contributed by atoms with Crippen LogP contribution in [0.25, 0.3) is 0 Å². The van der Waals surface area contributed by atoms with Gasteiger partial charge < -0.3 is 5.32 Å². The van der Waals surface area contributed by atoms with E-state index in [0.717, 1.165) is 5.92 Å². The van der Waals surface area contributed by atoms with Gasteiger partial charge in [0.15, 0.2) is 0 Å². The summed E-state index contributed by atoms with van der Waals surface area (Å²) in [5.74, 6) is 0.746. The van der Waals surface area contributed by atoms with Crippen molar-refractivity contribution >= 4 is 0 Å². The van der Waals surface area contributed by atoms with Crippen LogP contribution in [0.1, 0.15) is 25.5 Å². The predicted molar refractivity (Wildman–Crippen MR) is 50.9 cm³/mol. The zero-order valence-electron chi connectivity index (χ0n) is 7.62. The fourth-order valence-corrected chi connectivity index (χ4v) is 1.69. The van der Waals surface area contributed by atoms with Crippen molar-refractivity contribution in [2.75, 3.05) is 0 Å². The molecule has 0 amide bonds. The highest BCUT2D eigenvalue weighted by atomic mass is 15.2. The van der Waals surface area contributed by atoms with Gasteiger partial charge in [-0.2, -0.15) is 0 Å². The highest BCUT2D eigenvalue weighted by molar-refractivity contribution is 5.26. The Bertz CT molecular complexity index is 253. The number of benzene rings is 1. The van der Waals surface area contributed by atoms with Crippen molar-refractivity contribution in [3.63, 3.8) is 0 Å². The maximum Gasteiger partial charge on any atom is 0.0481 e. The summed E-state index contributed by atoms with van der Waals surface area (Å²) in [5.41, 5.74) is 1.43. The normalized spacial score (nSPS) is 27.6. The summed E-state index contributed by atoms with van der Waals surface area (Å²) in [6.45, 7) is 4.53. The van der Waals surface area contributed by atoms with Crippen LogP contribution in [0.15, 0.2) is 30.3 Å². The second-order valence-corrected chi connectivity index (χ2v) is 3.82. The van der Waals surface area contributed by atoms with Crippen molar-refractivity contribution in [2.45, 2.75) is 25.9 Å². The van der Waals surface area contributed by atoms with Crippen molar-refractivity contribution in [2.24, 2.45) is 5.92 Å². The molecule has 2 atom stereocenters. The summed E-state index contributed by atoms with van der Waals surface area (Å²) in [4.78, 5) is 0. The molecule has 0 unspecified atom stereocenters. The molecular weight excluding hydrogens is 146 g/mol. The minimum Gasteiger partial charge on any atom is -0.304 e. The van der Waals surface area contributed by atoms with E-state index in [1.54, 1.807) is 0 Å². The van der Waals surface area contributed by atoms with Gasteiger partial charge in [0.1, 0.15) is 0 Å². The topological polar surface area (TPSA) is 21.9 Å². The monoisotopic (exact) mass is 161 g/mol. The first-order valence-electron chi connectivity index (χ1n) is 4.60. The van der Waals surface area contributed by atoms with Crippen LogP contribution in [0.5, 0.6) is 0 Å². The number of hydrogen-bond donors (Lipinski definition) is 1. The van der Waals surface area contributed by atoms with Crippen molar-refractivity contribution in [1.29, 1.82) is 0 Å². The van der Waals surface area contributed by atoms with E-state index in [0.29, 0.717) is 12.1 Å². The fourth-order valence-electron chi connectivity index (χ4n) is 1.69. The summed E-state index contributed by atoms with van der Waals surface area (Å²) < 4.78 is 0. The standard InChI is InChI=1S/C11H15N/c1-8(2)10-11(12-10)9-6-4-3-5-7-9/h3-8,10-12H,1-2H3/t10-,11-/m0/s1. The number of nitrogens with one attached hydrogen (secondary N) is 1. The van der Waals surface area contributed by atoms with Gasteiger partial charge in [0, 0.05) is 12.1 Å². The lowest BCUT2D eigenvalue weighted by Gasteiger charge is -1.99. The molecule has 0 bridgehead atoms. The molecule has 1 nitrogen and oxygen atoms in total. The molecule has 0 saturated carbocycles. The first-order chi connectivity index (χ1) is 5.79. The van der Waals surface area contributed by atoms with E-state index < -0.39 is 0 Å². The van der Waals surface area contributed by atoms with Gasteiger partial charge in [0.25, 0.3) is 0 Å². The Balaban J connectivity index is 2.06. The van der Waals surface area contributed by atoms with Crippen LogP contribution in [0.2, 0.25) is 0 Å². The smallest absolute Gasteiger partial charge is 0.0481 e. The second kappa shape index (κ2) is 2.91. The summed E-state index contributed by atoms with van der Waals surface area (Å²) in [6.07, 6.45) is 0. The molecule has 1 fully saturated rings. The molecule has 1 aromatic carbocycles. The highest BCUT2D eigenvalue weighted by Crippen LogP contribution is 2.33. The molecule has 1 aliphatic heterocycles. The number of hydrogen-bond acceptors (Lipinski definition) is 1. The van der Waals surface area contributed by atoms with Crippen LogP contribution in [0.4, 0.5) is 0 Å². The summed E-state index contributed by atoms with van der Waals surface area (Å²) in [6, 6.07) is 12.0. The van der Waals surface area contributed by atoms with Gasteiger partial charge in [-0.15, -0.1) is 0 Å². The van der Waals surface area contributed by atoms with Gasteiger partial charge in [-0.25, -0.2) is 0 Å². The first kappa shape index (κ1) is 7.81. The van der Waals surface area contributed by atoms with E-state index in [9.17, 15) is 0 Å². The van der Waals surface area contributed by atoms with Gasteiger partial charge >= 0.3 is 0 Å². The molecule has 1 heterocycles. The Kier molecular flexibility index (Phi) is 1.89. The molecular formula is C11H15N. The lowest BCUT2D eigenvalue weighted by molar-refractivity contribution is 0.619. The summed E-state index contributed by atoms with van der Waals surface area (Å²) in [7, 11) is 0. The van der Waals surface area contributed by atoms with Gasteiger partial charge in [-0.05, 0) is 11.5 Å². The van der Waals surface area contributed by atoms with Crippen molar-refractivity contribution < 1.29 is 0 Å². The van der Waals surface area contributed by atoms with E-state index in [4.69, 9.17) is 0 Å². The molecule has 1 saturated heterocycles. The van der Waals surface area contributed by atoms with Crippen LogP contribution in [-0.4, -0.2) is 6.04 Å². The van der Waals surface area contributed by atoms with E-state index >= 15 is 0 Å². The molecule has 0 spiro atoms. The van der Waals surface area contributed by atoms with Gasteiger partial charge in [-0.3, -0.25) is 0 Å². The van der Waals surface area contributed by atoms with Gasteiger partial charge in [0.2, 0.25) is 0 Å². The Morgan fingerprint density at radius 3 is 2.33 bits per heavy atom. The fraction of sp³-hybridized carbons (Fsp3) is 0.455. The van der Waals surface area contributed by atoms with Gasteiger partial charge in [-0.1, -0.05) is 44.2 Å². The van der Waals surface area contributed by atoms with Gasteiger partial charge in [0.05, 0.1) is 0 Å². The van der Waals surface area contributed by atoms with E-state index in [-0.39, 0.29) is 0 Å². The number of rotatable bonds is 2. The summed E-state index contributed by atoms with van der Waals surface area (Å²) >= 11 is 0. The Labute approximate surface area is 73.8 Å². The highest BCUT2D eigenvalue weighted by Gasteiger charge is 2.38. The third-order valence-electron chi connectivity index (χ3n) is 2.50. The van der Waals surface area contributed by atoms with Crippen LogP contribution < -0.4 is 5.32 Å². The predicted octanol–water partition coefficient (Wildman–Crippen LogP) is 2.36. The second-order valence-electron chi connectivity index (χ2n) is 3.82. The molecule has 1 aromatic rings. The van der Waals surface area contributed by atoms with Crippen molar-refractivity contribution in [3.8, 4) is 0 Å². The van der Waals surface area contributed by atoms with Crippen LogP contribution in [-0.2, 0) is 0 Å². The van der Waals surface area contributed by atoms with Crippen molar-refractivity contribution in [3.05, 3.63) is 35.9 Å². The van der Waals surface area contributed by atoms with Crippen molar-refractivity contribution in [1.82, 2.24) is 5.32 Å². The minimum atomic E-state index is 0.617. The third kappa shape index (κ3) is 1.37. The Morgan fingerprint density at radius 1 is 1.17 bits per heavy atom. The average molecular weight is 161 g/mol. The van der Waals surface area contributed by atoms with Crippen LogP contribution in [0, 0.1) is 5.92 Å². The van der Waals surface area contributed by atoms with E-state index in [1.165, 1.54) is 5.56 Å². The maximum absolute atomic E-state index is 3.48.